The van der Waals surface area contributed by atoms with Crippen LogP contribution in [0.3, 0.4) is 0 Å². The Labute approximate surface area is 57.4 Å². The van der Waals surface area contributed by atoms with Gasteiger partial charge < -0.3 is 0 Å². The molecule has 0 aliphatic heterocycles. The van der Waals surface area contributed by atoms with Crippen LogP contribution in [0.1, 0.15) is 10.7 Å². The van der Waals surface area contributed by atoms with Crippen LogP contribution >= 0.6 is 23.6 Å². The molecule has 0 spiro atoms. The highest BCUT2D eigenvalue weighted by Crippen LogP contribution is 2.04. The molecular weight excluding hydrogens is 138 g/mol. The van der Waals surface area contributed by atoms with E-state index >= 15 is 0 Å². The molecule has 0 aromatic carbocycles. The van der Waals surface area contributed by atoms with E-state index in [-0.39, 0.29) is 0 Å². The number of hydrogen-bond acceptors (Lipinski definition) is 3. The molecule has 1 aromatic heterocycles. The highest BCUT2D eigenvalue weighted by Gasteiger charge is 1.89. The van der Waals surface area contributed by atoms with E-state index < -0.39 is 0 Å². The van der Waals surface area contributed by atoms with Gasteiger partial charge in [-0.1, -0.05) is 12.2 Å². The molecule has 0 unspecified atom stereocenters. The SMILES string of the molecule is Cc1csc(C=S)n1. The van der Waals surface area contributed by atoms with Gasteiger partial charge in [0.2, 0.25) is 0 Å². The van der Waals surface area contributed by atoms with Crippen molar-refractivity contribution in [1.29, 1.82) is 0 Å². The van der Waals surface area contributed by atoms with E-state index in [9.17, 15) is 0 Å². The molecule has 3 heteroatoms. The van der Waals surface area contributed by atoms with Crippen molar-refractivity contribution in [3.8, 4) is 0 Å². The topological polar surface area (TPSA) is 12.9 Å². The molecule has 0 atom stereocenters. The van der Waals surface area contributed by atoms with Gasteiger partial charge in [-0.3, -0.25) is 0 Å². The molecule has 0 aliphatic carbocycles. The summed E-state index contributed by atoms with van der Waals surface area (Å²) in [6, 6.07) is 0. The van der Waals surface area contributed by atoms with Crippen molar-refractivity contribution in [3.63, 3.8) is 0 Å². The van der Waals surface area contributed by atoms with Gasteiger partial charge in [0.1, 0.15) is 5.01 Å². The first-order valence-corrected chi connectivity index (χ1v) is 3.55. The van der Waals surface area contributed by atoms with Gasteiger partial charge in [-0.2, -0.15) is 0 Å². The molecule has 1 heterocycles. The van der Waals surface area contributed by atoms with Crippen molar-refractivity contribution in [2.45, 2.75) is 6.92 Å². The molecule has 0 N–H and O–H groups in total. The van der Waals surface area contributed by atoms with Crippen LogP contribution < -0.4 is 0 Å². The number of rotatable bonds is 1. The van der Waals surface area contributed by atoms with Gasteiger partial charge >= 0.3 is 0 Å². The van der Waals surface area contributed by atoms with Crippen LogP contribution in [0.25, 0.3) is 0 Å². The van der Waals surface area contributed by atoms with E-state index in [0.717, 1.165) is 10.7 Å². The fourth-order valence-corrected chi connectivity index (χ4v) is 1.24. The average Bonchev–Trinajstić information content (AvgIpc) is 2.14. The maximum atomic E-state index is 4.65. The summed E-state index contributed by atoms with van der Waals surface area (Å²) in [5.74, 6) is 0. The van der Waals surface area contributed by atoms with Gasteiger partial charge in [-0.05, 0) is 6.92 Å². The van der Waals surface area contributed by atoms with Crippen LogP contribution in [-0.2, 0) is 0 Å². The highest BCUT2D eigenvalue weighted by molar-refractivity contribution is 7.79. The Hall–Kier alpha value is -0.280. The molecule has 0 amide bonds. The summed E-state index contributed by atoms with van der Waals surface area (Å²) in [5, 5.41) is 4.51. The lowest BCUT2D eigenvalue weighted by atomic mass is 10.6. The number of nitrogens with zero attached hydrogens (tertiary/aromatic N) is 1. The Bertz CT molecular complexity index is 192. The Morgan fingerprint density at radius 1 is 1.88 bits per heavy atom. The van der Waals surface area contributed by atoms with Crippen LogP contribution in [0, 0.1) is 6.92 Å². The Balaban J connectivity index is 3.00. The second kappa shape index (κ2) is 2.33. The minimum Gasteiger partial charge on any atom is -0.241 e. The molecule has 1 rings (SSSR count). The predicted octanol–water partition coefficient (Wildman–Crippen LogP) is 1.80. The Morgan fingerprint density at radius 2 is 2.62 bits per heavy atom. The zero-order valence-corrected chi connectivity index (χ0v) is 6.05. The van der Waals surface area contributed by atoms with E-state index in [0.29, 0.717) is 0 Å². The third-order valence-corrected chi connectivity index (χ3v) is 2.02. The fourth-order valence-electron chi connectivity index (χ4n) is 0.426. The molecule has 42 valence electrons. The van der Waals surface area contributed by atoms with Crippen molar-refractivity contribution in [3.05, 3.63) is 16.1 Å². The standard InChI is InChI=1S/C5H5NS2/c1-4-3-8-5(2-7)6-4/h2-3H,1H3. The molecule has 0 bridgehead atoms. The van der Waals surface area contributed by atoms with Gasteiger partial charge in [0.15, 0.2) is 0 Å². The first-order chi connectivity index (χ1) is 3.83. The maximum absolute atomic E-state index is 4.65. The second-order valence-electron chi connectivity index (χ2n) is 1.44. The van der Waals surface area contributed by atoms with Crippen LogP contribution in [0.15, 0.2) is 5.38 Å². The molecule has 1 aromatic rings. The highest BCUT2D eigenvalue weighted by atomic mass is 32.1. The summed E-state index contributed by atoms with van der Waals surface area (Å²) in [7, 11) is 0. The van der Waals surface area contributed by atoms with Crippen molar-refractivity contribution < 1.29 is 0 Å². The Kier molecular flexibility index (Phi) is 1.70. The lowest BCUT2D eigenvalue weighted by Crippen LogP contribution is -1.73. The molecule has 0 aliphatic rings. The van der Waals surface area contributed by atoms with Crippen LogP contribution in [-0.4, -0.2) is 10.4 Å². The molecular formula is C5H5NS2. The van der Waals surface area contributed by atoms with Crippen LogP contribution in [0.5, 0.6) is 0 Å². The van der Waals surface area contributed by atoms with Crippen molar-refractivity contribution in [1.82, 2.24) is 4.98 Å². The van der Waals surface area contributed by atoms with Crippen molar-refractivity contribution in [2.75, 3.05) is 0 Å². The second-order valence-corrected chi connectivity index (χ2v) is 2.57. The lowest BCUT2D eigenvalue weighted by molar-refractivity contribution is 1.26. The molecule has 0 radical (unpaired) electrons. The summed E-state index contributed by atoms with van der Waals surface area (Å²) in [4.78, 5) is 4.09. The summed E-state index contributed by atoms with van der Waals surface area (Å²) in [6.07, 6.45) is 0. The third-order valence-electron chi connectivity index (χ3n) is 0.738. The predicted molar refractivity (Wildman–Crippen MR) is 39.6 cm³/mol. The number of aromatic nitrogens is 1. The largest absolute Gasteiger partial charge is 0.241 e. The summed E-state index contributed by atoms with van der Waals surface area (Å²) in [5.41, 5.74) is 1.05. The van der Waals surface area contributed by atoms with Crippen molar-refractivity contribution in [2.24, 2.45) is 0 Å². The molecule has 0 saturated carbocycles. The van der Waals surface area contributed by atoms with Gasteiger partial charge in [-0.25, -0.2) is 4.98 Å². The van der Waals surface area contributed by atoms with Gasteiger partial charge in [0, 0.05) is 16.4 Å². The Morgan fingerprint density at radius 3 is 2.88 bits per heavy atom. The quantitative estimate of drug-likeness (QED) is 0.556. The first kappa shape index (κ1) is 5.85. The van der Waals surface area contributed by atoms with Gasteiger partial charge in [0.25, 0.3) is 0 Å². The smallest absolute Gasteiger partial charge is 0.127 e. The van der Waals surface area contributed by atoms with Crippen LogP contribution in [0.4, 0.5) is 0 Å². The normalized spacial score (nSPS) is 9.12. The van der Waals surface area contributed by atoms with Crippen molar-refractivity contribution >= 4 is 28.9 Å². The summed E-state index contributed by atoms with van der Waals surface area (Å²) >= 11 is 6.23. The molecule has 8 heavy (non-hydrogen) atoms. The van der Waals surface area contributed by atoms with E-state index in [1.807, 2.05) is 12.3 Å². The van der Waals surface area contributed by atoms with Gasteiger partial charge in [-0.15, -0.1) is 11.3 Å². The summed E-state index contributed by atoms with van der Waals surface area (Å²) in [6.45, 7) is 1.96. The molecule has 0 saturated heterocycles. The fraction of sp³-hybridized carbons (Fsp3) is 0.200. The van der Waals surface area contributed by atoms with E-state index in [2.05, 4.69) is 17.2 Å². The number of aryl methyl sites for hydroxylation is 1. The zero-order valence-electron chi connectivity index (χ0n) is 4.42. The number of thiazole rings is 1. The first-order valence-electron chi connectivity index (χ1n) is 2.20. The average molecular weight is 143 g/mol. The van der Waals surface area contributed by atoms with Gasteiger partial charge in [0.05, 0.1) is 0 Å². The third kappa shape index (κ3) is 1.11. The van der Waals surface area contributed by atoms with E-state index in [4.69, 9.17) is 0 Å². The molecule has 0 fully saturated rings. The lowest BCUT2D eigenvalue weighted by Gasteiger charge is -1.72. The number of thiocarbonyl (C=S) groups is 1. The summed E-state index contributed by atoms with van der Waals surface area (Å²) < 4.78 is 0. The van der Waals surface area contributed by atoms with E-state index in [1.54, 1.807) is 16.7 Å². The minimum absolute atomic E-state index is 0.928. The maximum Gasteiger partial charge on any atom is 0.127 e. The minimum atomic E-state index is 0.928. The zero-order chi connectivity index (χ0) is 5.98. The molecule has 1 nitrogen and oxygen atoms in total. The van der Waals surface area contributed by atoms with E-state index in [1.165, 1.54) is 0 Å². The number of hydrogen-bond donors (Lipinski definition) is 0. The monoisotopic (exact) mass is 143 g/mol. The van der Waals surface area contributed by atoms with Crippen LogP contribution in [0.2, 0.25) is 0 Å².